The Bertz CT molecular complexity index is 1120. The molecule has 2 atom stereocenters. The van der Waals surface area contributed by atoms with Gasteiger partial charge in [-0.05, 0) is 78.0 Å². The summed E-state index contributed by atoms with van der Waals surface area (Å²) in [6, 6.07) is 4.22. The Morgan fingerprint density at radius 1 is 0.881 bits per heavy atom. The highest BCUT2D eigenvalue weighted by atomic mass is 32.2. The van der Waals surface area contributed by atoms with Gasteiger partial charge < -0.3 is 30.2 Å². The molecule has 0 saturated carbocycles. The molecule has 4 N–H and O–H groups in total. The van der Waals surface area contributed by atoms with E-state index in [9.17, 15) is 24.0 Å². The lowest BCUT2D eigenvalue weighted by Gasteiger charge is -2.28. The number of amides is 3. The zero-order chi connectivity index (χ0) is 32.3. The summed E-state index contributed by atoms with van der Waals surface area (Å²) in [4.78, 5) is 63.3. The number of esters is 2. The molecule has 42 heavy (non-hydrogen) atoms. The van der Waals surface area contributed by atoms with E-state index >= 15 is 0 Å². The molecule has 3 amide bonds. The van der Waals surface area contributed by atoms with Gasteiger partial charge >= 0.3 is 11.9 Å². The second-order valence-corrected chi connectivity index (χ2v) is 12.6. The predicted molar refractivity (Wildman–Crippen MR) is 160 cm³/mol. The van der Waals surface area contributed by atoms with Crippen LogP contribution in [-0.4, -0.2) is 77.4 Å². The van der Waals surface area contributed by atoms with Crippen LogP contribution in [0, 0.1) is 11.3 Å². The lowest BCUT2D eigenvalue weighted by molar-refractivity contribution is -0.160. The van der Waals surface area contributed by atoms with E-state index in [-0.39, 0.29) is 12.5 Å². The molecule has 1 aromatic rings. The van der Waals surface area contributed by atoms with Crippen molar-refractivity contribution in [3.8, 4) is 5.75 Å². The van der Waals surface area contributed by atoms with Crippen molar-refractivity contribution in [1.82, 2.24) is 16.0 Å². The molecule has 0 aromatic heterocycles. The van der Waals surface area contributed by atoms with E-state index in [1.807, 2.05) is 0 Å². The van der Waals surface area contributed by atoms with Crippen molar-refractivity contribution in [2.75, 3.05) is 19.4 Å². The molecule has 0 radical (unpaired) electrons. The SMILES string of the molecule is CSC(=N)c1ccc(OCC(=O)NCC(=O)N[C@@H](CC(=O)OC(C)(C)C)C(=O)N[C@H](C(=O)OC(C)(C)C)C(C)C)cc1. The molecule has 234 valence electrons. The maximum atomic E-state index is 13.2. The molecule has 1 rings (SSSR count). The van der Waals surface area contributed by atoms with E-state index in [0.717, 1.165) is 0 Å². The summed E-state index contributed by atoms with van der Waals surface area (Å²) in [6.07, 6.45) is 1.29. The van der Waals surface area contributed by atoms with Crippen LogP contribution in [0.3, 0.4) is 0 Å². The lowest BCUT2D eigenvalue weighted by Crippen LogP contribution is -2.56. The molecule has 0 spiro atoms. The van der Waals surface area contributed by atoms with Crippen molar-refractivity contribution in [2.45, 2.75) is 85.1 Å². The van der Waals surface area contributed by atoms with Crippen molar-refractivity contribution >= 4 is 46.5 Å². The molecule has 0 aliphatic carbocycles. The molecular formula is C29H44N4O8S. The van der Waals surface area contributed by atoms with Gasteiger partial charge in [0, 0.05) is 5.56 Å². The van der Waals surface area contributed by atoms with Crippen LogP contribution in [0.15, 0.2) is 24.3 Å². The normalized spacial score (nSPS) is 12.9. The number of benzene rings is 1. The van der Waals surface area contributed by atoms with Crippen LogP contribution in [0.1, 0.15) is 67.4 Å². The van der Waals surface area contributed by atoms with E-state index < -0.39 is 65.9 Å². The Balaban J connectivity index is 2.84. The molecule has 12 nitrogen and oxygen atoms in total. The van der Waals surface area contributed by atoms with Crippen LogP contribution in [0.4, 0.5) is 0 Å². The van der Waals surface area contributed by atoms with Crippen LogP contribution in [-0.2, 0) is 33.4 Å². The van der Waals surface area contributed by atoms with Crippen molar-refractivity contribution in [1.29, 1.82) is 5.41 Å². The van der Waals surface area contributed by atoms with Gasteiger partial charge in [0.05, 0.1) is 18.0 Å². The topological polar surface area (TPSA) is 173 Å². The Morgan fingerprint density at radius 2 is 1.45 bits per heavy atom. The minimum Gasteiger partial charge on any atom is -0.484 e. The van der Waals surface area contributed by atoms with Crippen molar-refractivity contribution in [3.63, 3.8) is 0 Å². The highest BCUT2D eigenvalue weighted by molar-refractivity contribution is 8.13. The van der Waals surface area contributed by atoms with E-state index in [1.54, 1.807) is 85.9 Å². The summed E-state index contributed by atoms with van der Waals surface area (Å²) >= 11 is 1.30. The standard InChI is InChI=1S/C29H44N4O8S/c1-17(2)24(27(38)41-29(6,7)8)33-26(37)20(14-23(36)40-28(3,4)5)32-21(34)15-31-22(35)16-39-19-12-10-18(11-13-19)25(30)42-9/h10-13,17,20,24,30H,14-16H2,1-9H3,(H,31,35)(H,32,34)(H,33,37)/t20-,24-/m0/s1. The molecule has 0 heterocycles. The minimum atomic E-state index is -1.39. The third-order valence-corrected chi connectivity index (χ3v) is 5.85. The molecule has 0 bridgehead atoms. The first-order valence-electron chi connectivity index (χ1n) is 13.5. The van der Waals surface area contributed by atoms with Gasteiger partial charge in [-0.25, -0.2) is 4.79 Å². The number of hydrogen-bond donors (Lipinski definition) is 4. The lowest BCUT2D eigenvalue weighted by atomic mass is 10.0. The first-order valence-corrected chi connectivity index (χ1v) is 14.7. The van der Waals surface area contributed by atoms with Gasteiger partial charge in [0.1, 0.15) is 29.0 Å². The number of thioether (sulfide) groups is 1. The average Bonchev–Trinajstić information content (AvgIpc) is 2.86. The average molecular weight is 609 g/mol. The summed E-state index contributed by atoms with van der Waals surface area (Å²) in [6.45, 7) is 12.7. The number of carbonyl (C=O) groups is 5. The molecule has 1 aromatic carbocycles. The zero-order valence-electron chi connectivity index (χ0n) is 25.8. The largest absolute Gasteiger partial charge is 0.484 e. The number of rotatable bonds is 13. The minimum absolute atomic E-state index is 0.352. The summed E-state index contributed by atoms with van der Waals surface area (Å²) in [5.41, 5.74) is -0.904. The van der Waals surface area contributed by atoms with E-state index in [4.69, 9.17) is 19.6 Å². The third kappa shape index (κ3) is 14.3. The van der Waals surface area contributed by atoms with Crippen LogP contribution < -0.4 is 20.7 Å². The van der Waals surface area contributed by atoms with Gasteiger partial charge in [-0.2, -0.15) is 0 Å². The monoisotopic (exact) mass is 608 g/mol. The molecule has 0 aliphatic heterocycles. The van der Waals surface area contributed by atoms with E-state index in [2.05, 4.69) is 16.0 Å². The van der Waals surface area contributed by atoms with Crippen LogP contribution in [0.5, 0.6) is 5.75 Å². The summed E-state index contributed by atoms with van der Waals surface area (Å²) < 4.78 is 16.1. The first-order chi connectivity index (χ1) is 19.3. The molecule has 0 aliphatic rings. The second kappa shape index (κ2) is 16.1. The maximum Gasteiger partial charge on any atom is 0.329 e. The smallest absolute Gasteiger partial charge is 0.329 e. The van der Waals surface area contributed by atoms with E-state index in [0.29, 0.717) is 16.4 Å². The molecular weight excluding hydrogens is 564 g/mol. The fourth-order valence-corrected chi connectivity index (χ4v) is 3.69. The number of carbonyl (C=O) groups excluding carboxylic acids is 5. The van der Waals surface area contributed by atoms with Gasteiger partial charge in [0.25, 0.3) is 5.91 Å². The van der Waals surface area contributed by atoms with Crippen molar-refractivity contribution < 1.29 is 38.2 Å². The highest BCUT2D eigenvalue weighted by Crippen LogP contribution is 2.16. The second-order valence-electron chi connectivity index (χ2n) is 11.8. The van der Waals surface area contributed by atoms with Gasteiger partial charge in [0.2, 0.25) is 11.8 Å². The number of hydrogen-bond acceptors (Lipinski definition) is 10. The highest BCUT2D eigenvalue weighted by Gasteiger charge is 2.33. The zero-order valence-corrected chi connectivity index (χ0v) is 26.7. The first kappa shape index (κ1) is 36.4. The van der Waals surface area contributed by atoms with Gasteiger partial charge in [-0.15, -0.1) is 11.8 Å². The fourth-order valence-electron chi connectivity index (χ4n) is 3.32. The Kier molecular flexibility index (Phi) is 14.0. The van der Waals surface area contributed by atoms with Crippen LogP contribution >= 0.6 is 11.8 Å². The van der Waals surface area contributed by atoms with Crippen molar-refractivity contribution in [2.24, 2.45) is 5.92 Å². The number of nitrogens with one attached hydrogen (secondary N) is 4. The Morgan fingerprint density at radius 3 is 1.95 bits per heavy atom. The summed E-state index contributed by atoms with van der Waals surface area (Å²) in [5, 5.41) is 15.6. The van der Waals surface area contributed by atoms with Crippen LogP contribution in [0.2, 0.25) is 0 Å². The number of ether oxygens (including phenoxy) is 3. The fraction of sp³-hybridized carbons (Fsp3) is 0.586. The van der Waals surface area contributed by atoms with Gasteiger partial charge in [-0.3, -0.25) is 24.6 Å². The third-order valence-electron chi connectivity index (χ3n) is 5.20. The Hall–Kier alpha value is -3.61. The summed E-state index contributed by atoms with van der Waals surface area (Å²) in [5.74, 6) is -3.46. The maximum absolute atomic E-state index is 13.2. The Labute approximate surface area is 251 Å². The molecule has 0 unspecified atom stereocenters. The van der Waals surface area contributed by atoms with Crippen LogP contribution in [0.25, 0.3) is 0 Å². The molecule has 0 saturated heterocycles. The predicted octanol–water partition coefficient (Wildman–Crippen LogP) is 2.57. The van der Waals surface area contributed by atoms with Crippen molar-refractivity contribution in [3.05, 3.63) is 29.8 Å². The molecule has 13 heteroatoms. The quantitative estimate of drug-likeness (QED) is 0.149. The van der Waals surface area contributed by atoms with Gasteiger partial charge in [-0.1, -0.05) is 13.8 Å². The van der Waals surface area contributed by atoms with Gasteiger partial charge in [0.15, 0.2) is 6.61 Å². The summed E-state index contributed by atoms with van der Waals surface area (Å²) in [7, 11) is 0. The van der Waals surface area contributed by atoms with E-state index in [1.165, 1.54) is 11.8 Å². The molecule has 0 fully saturated rings.